The Morgan fingerprint density at radius 3 is 2.40 bits per heavy atom. The lowest BCUT2D eigenvalue weighted by Gasteiger charge is -2.09. The van der Waals surface area contributed by atoms with Crippen LogP contribution in [0.25, 0.3) is 0 Å². The Hall–Kier alpha value is 1.05. The molecule has 0 saturated carbocycles. The van der Waals surface area contributed by atoms with Gasteiger partial charge in [0.25, 0.3) is 0 Å². The van der Waals surface area contributed by atoms with E-state index in [4.69, 9.17) is 0 Å². The first kappa shape index (κ1) is 16.1. The van der Waals surface area contributed by atoms with E-state index in [0.29, 0.717) is 5.25 Å². The number of thioether (sulfide) groups is 1. The normalized spacial score (nSPS) is 13.0. The largest absolute Gasteiger partial charge is 0.179 e. The molecule has 0 aromatic carbocycles. The van der Waals surface area contributed by atoms with Crippen molar-refractivity contribution < 1.29 is 0 Å². The van der Waals surface area contributed by atoms with Crippen molar-refractivity contribution in [2.75, 3.05) is 17.3 Å². The molecule has 1 unspecified atom stereocenters. The summed E-state index contributed by atoms with van der Waals surface area (Å²) in [6, 6.07) is 0. The van der Waals surface area contributed by atoms with E-state index in [1.54, 1.807) is 0 Å². The highest BCUT2D eigenvalue weighted by Gasteiger charge is 2.02. The third kappa shape index (κ3) is 13.0. The van der Waals surface area contributed by atoms with Crippen molar-refractivity contribution in [3.05, 3.63) is 0 Å². The Kier molecular flexibility index (Phi) is 14.0. The van der Waals surface area contributed by atoms with Crippen LogP contribution >= 0.6 is 37.0 Å². The summed E-state index contributed by atoms with van der Waals surface area (Å²) in [5, 5.41) is 0.598. The molecule has 0 bridgehead atoms. The van der Waals surface area contributed by atoms with E-state index in [-0.39, 0.29) is 0 Å². The number of thiol groups is 2. The molecule has 0 saturated heterocycles. The monoisotopic (exact) mass is 266 g/mol. The van der Waals surface area contributed by atoms with Gasteiger partial charge >= 0.3 is 0 Å². The molecule has 0 aromatic heterocycles. The van der Waals surface area contributed by atoms with Crippen LogP contribution in [0.1, 0.15) is 51.9 Å². The fourth-order valence-electron chi connectivity index (χ4n) is 1.53. The van der Waals surface area contributed by atoms with Crippen LogP contribution in [0.4, 0.5) is 0 Å². The number of hydrogen-bond donors (Lipinski definition) is 2. The van der Waals surface area contributed by atoms with Gasteiger partial charge < -0.3 is 0 Å². The Balaban J connectivity index is 3.06. The summed E-state index contributed by atoms with van der Waals surface area (Å²) in [5.41, 5.74) is 0. The topological polar surface area (TPSA) is 0 Å². The summed E-state index contributed by atoms with van der Waals surface area (Å²) >= 11 is 10.8. The second kappa shape index (κ2) is 13.1. The predicted molar refractivity (Wildman–Crippen MR) is 81.9 cm³/mol. The lowest BCUT2D eigenvalue weighted by atomic mass is 10.1. The minimum absolute atomic E-state index is 0.598. The van der Waals surface area contributed by atoms with E-state index in [1.807, 2.05) is 11.8 Å². The highest BCUT2D eigenvalue weighted by Crippen LogP contribution is 2.15. The van der Waals surface area contributed by atoms with Crippen LogP contribution in [0.15, 0.2) is 0 Å². The Morgan fingerprint density at radius 2 is 1.73 bits per heavy atom. The third-order valence-corrected chi connectivity index (χ3v) is 4.78. The number of rotatable bonds is 11. The molecule has 0 amide bonds. The van der Waals surface area contributed by atoms with Gasteiger partial charge in [0.1, 0.15) is 0 Å². The standard InChI is InChI=1S/C12H26S3/c1-2-3-4-5-6-7-8-12(14)11-15-10-9-13/h12-14H,2-11H2,1H3. The van der Waals surface area contributed by atoms with Crippen molar-refractivity contribution in [2.24, 2.45) is 0 Å². The maximum atomic E-state index is 4.60. The molecule has 0 radical (unpaired) electrons. The summed E-state index contributed by atoms with van der Waals surface area (Å²) in [6.45, 7) is 2.27. The van der Waals surface area contributed by atoms with Gasteiger partial charge in [-0.1, -0.05) is 45.4 Å². The van der Waals surface area contributed by atoms with Gasteiger partial charge in [-0.2, -0.15) is 37.0 Å². The lowest BCUT2D eigenvalue weighted by molar-refractivity contribution is 0.590. The van der Waals surface area contributed by atoms with Crippen molar-refractivity contribution in [3.8, 4) is 0 Å². The maximum absolute atomic E-state index is 4.60. The Morgan fingerprint density at radius 1 is 1.07 bits per heavy atom. The van der Waals surface area contributed by atoms with Gasteiger partial charge in [0.05, 0.1) is 0 Å². The van der Waals surface area contributed by atoms with Gasteiger partial charge in [-0.15, -0.1) is 0 Å². The first-order valence-electron chi connectivity index (χ1n) is 6.18. The first-order chi connectivity index (χ1) is 7.31. The first-order valence-corrected chi connectivity index (χ1v) is 8.48. The summed E-state index contributed by atoms with van der Waals surface area (Å²) in [4.78, 5) is 0. The van der Waals surface area contributed by atoms with Crippen molar-refractivity contribution in [1.29, 1.82) is 0 Å². The molecule has 1 atom stereocenters. The molecule has 0 aromatic rings. The van der Waals surface area contributed by atoms with E-state index in [9.17, 15) is 0 Å². The van der Waals surface area contributed by atoms with Crippen LogP contribution in [0, 0.1) is 0 Å². The molecule has 0 fully saturated rings. The fraction of sp³-hybridized carbons (Fsp3) is 1.00. The SMILES string of the molecule is CCCCCCCCC(S)CSCCS. The van der Waals surface area contributed by atoms with Crippen LogP contribution < -0.4 is 0 Å². The third-order valence-electron chi connectivity index (χ3n) is 2.44. The smallest absolute Gasteiger partial charge is 0.0107 e. The van der Waals surface area contributed by atoms with Gasteiger partial charge in [-0.05, 0) is 12.2 Å². The molecular weight excluding hydrogens is 240 g/mol. The molecule has 0 N–H and O–H groups in total. The van der Waals surface area contributed by atoms with E-state index in [0.717, 1.165) is 11.5 Å². The minimum Gasteiger partial charge on any atom is -0.179 e. The Bertz CT molecular complexity index is 117. The maximum Gasteiger partial charge on any atom is 0.0107 e. The number of unbranched alkanes of at least 4 members (excludes halogenated alkanes) is 5. The molecule has 92 valence electrons. The highest BCUT2D eigenvalue weighted by atomic mass is 32.2. The van der Waals surface area contributed by atoms with E-state index in [2.05, 4.69) is 32.2 Å². The molecule has 0 heterocycles. The van der Waals surface area contributed by atoms with Gasteiger partial charge in [-0.3, -0.25) is 0 Å². The molecule has 0 aliphatic rings. The molecule has 0 aliphatic carbocycles. The fourth-order valence-corrected chi connectivity index (χ4v) is 3.15. The van der Waals surface area contributed by atoms with Crippen LogP contribution in [-0.4, -0.2) is 22.5 Å². The van der Waals surface area contributed by atoms with Crippen LogP contribution in [0.2, 0.25) is 0 Å². The minimum atomic E-state index is 0.598. The summed E-state index contributed by atoms with van der Waals surface area (Å²) in [5.74, 6) is 3.34. The average Bonchev–Trinajstić information content (AvgIpc) is 2.23. The van der Waals surface area contributed by atoms with Gasteiger partial charge in [-0.25, -0.2) is 0 Å². The molecule has 15 heavy (non-hydrogen) atoms. The van der Waals surface area contributed by atoms with Gasteiger partial charge in [0.15, 0.2) is 0 Å². The van der Waals surface area contributed by atoms with Gasteiger partial charge in [0, 0.05) is 16.8 Å². The zero-order valence-corrected chi connectivity index (χ0v) is 12.6. The van der Waals surface area contributed by atoms with Crippen LogP contribution in [0.3, 0.4) is 0 Å². The van der Waals surface area contributed by atoms with Crippen molar-refractivity contribution in [1.82, 2.24) is 0 Å². The summed E-state index contributed by atoms with van der Waals surface area (Å²) in [7, 11) is 0. The zero-order valence-electron chi connectivity index (χ0n) is 9.95. The average molecular weight is 267 g/mol. The zero-order chi connectivity index (χ0) is 11.4. The van der Waals surface area contributed by atoms with Gasteiger partial charge in [0.2, 0.25) is 0 Å². The molecule has 0 nitrogen and oxygen atoms in total. The van der Waals surface area contributed by atoms with E-state index < -0.39 is 0 Å². The van der Waals surface area contributed by atoms with Crippen LogP contribution in [0.5, 0.6) is 0 Å². The quantitative estimate of drug-likeness (QED) is 0.404. The highest BCUT2D eigenvalue weighted by molar-refractivity contribution is 8.00. The van der Waals surface area contributed by atoms with E-state index in [1.165, 1.54) is 50.7 Å². The van der Waals surface area contributed by atoms with Crippen molar-refractivity contribution in [2.45, 2.75) is 57.1 Å². The molecule has 0 rings (SSSR count). The molecule has 3 heteroatoms. The van der Waals surface area contributed by atoms with E-state index >= 15 is 0 Å². The van der Waals surface area contributed by atoms with Crippen molar-refractivity contribution >= 4 is 37.0 Å². The predicted octanol–water partition coefficient (Wildman–Crippen LogP) is 4.70. The van der Waals surface area contributed by atoms with Crippen LogP contribution in [-0.2, 0) is 0 Å². The molecule has 0 aliphatic heterocycles. The summed E-state index contributed by atoms with van der Waals surface area (Å²) in [6.07, 6.45) is 9.63. The summed E-state index contributed by atoms with van der Waals surface area (Å²) < 4.78 is 0. The lowest BCUT2D eigenvalue weighted by Crippen LogP contribution is -2.03. The van der Waals surface area contributed by atoms with Crippen molar-refractivity contribution in [3.63, 3.8) is 0 Å². The molecule has 0 spiro atoms. The molecular formula is C12H26S3. The second-order valence-corrected chi connectivity index (χ2v) is 6.34. The Labute approximate surface area is 111 Å². The number of hydrogen-bond acceptors (Lipinski definition) is 3. The second-order valence-electron chi connectivity index (χ2n) is 4.01.